The number of imidazole rings is 1. The predicted octanol–water partition coefficient (Wildman–Crippen LogP) is -0.183. The number of rotatable bonds is 7. The van der Waals surface area contributed by atoms with E-state index >= 15 is 0 Å². The van der Waals surface area contributed by atoms with Gasteiger partial charge in [0.15, 0.2) is 17.7 Å². The predicted molar refractivity (Wildman–Crippen MR) is 90.4 cm³/mol. The first-order chi connectivity index (χ1) is 12.5. The van der Waals surface area contributed by atoms with E-state index in [0.717, 1.165) is 6.42 Å². The number of ether oxygens (including phenoxy) is 2. The fourth-order valence-electron chi connectivity index (χ4n) is 2.88. The number of aromatic nitrogens is 4. The average Bonchev–Trinajstić information content (AvgIpc) is 3.14. The molecule has 25 heavy (non-hydrogen) atoms. The molecule has 0 saturated carbocycles. The molecule has 3 heterocycles. The molecule has 2 aromatic heterocycles. The van der Waals surface area contributed by atoms with Gasteiger partial charge in [-0.1, -0.05) is 19.8 Å². The van der Waals surface area contributed by atoms with Crippen molar-refractivity contribution in [3.8, 4) is 0 Å². The van der Waals surface area contributed by atoms with Crippen molar-refractivity contribution in [2.75, 3.05) is 24.7 Å². The minimum absolute atomic E-state index is 0.0133. The molecule has 0 radical (unpaired) electrons. The van der Waals surface area contributed by atoms with Crippen LogP contribution in [0.5, 0.6) is 0 Å². The van der Waals surface area contributed by atoms with Crippen molar-refractivity contribution in [3.63, 3.8) is 0 Å². The standard InChI is InChI=1S/C15H24N6O4/c1-2-3-4-5-24-11-10(23)8(6-22)25-14(11)21-7-18-9-12(16)19-15(17)20-13(9)21/h7-8,10-11,14,22-23H,2-6H2,1H3,(H4,16,17,19,20)/t8-,10-,11-,14?/m1/s1/i4D/t4?,8-,10-,11-,14?. The Morgan fingerprint density at radius 3 is 2.96 bits per heavy atom. The molecule has 5 atom stereocenters. The maximum atomic E-state index is 10.5. The van der Waals surface area contributed by atoms with Gasteiger partial charge in [-0.2, -0.15) is 9.97 Å². The Labute approximate surface area is 146 Å². The highest BCUT2D eigenvalue weighted by Crippen LogP contribution is 2.34. The van der Waals surface area contributed by atoms with Crippen LogP contribution in [-0.4, -0.2) is 61.3 Å². The normalized spacial score (nSPS) is 28.4. The Morgan fingerprint density at radius 1 is 1.44 bits per heavy atom. The summed E-state index contributed by atoms with van der Waals surface area (Å²) in [4.78, 5) is 12.2. The van der Waals surface area contributed by atoms with Gasteiger partial charge in [0.1, 0.15) is 23.8 Å². The van der Waals surface area contributed by atoms with Gasteiger partial charge in [-0.25, -0.2) is 4.98 Å². The molecule has 3 rings (SSSR count). The third kappa shape index (κ3) is 3.38. The van der Waals surface area contributed by atoms with Gasteiger partial charge in [-0.3, -0.25) is 4.57 Å². The van der Waals surface area contributed by atoms with Gasteiger partial charge >= 0.3 is 0 Å². The maximum absolute atomic E-state index is 10.5. The highest BCUT2D eigenvalue weighted by molar-refractivity contribution is 5.82. The van der Waals surface area contributed by atoms with Gasteiger partial charge in [-0.15, -0.1) is 0 Å². The number of nitrogens with two attached hydrogens (primary N) is 2. The lowest BCUT2D eigenvalue weighted by molar-refractivity contribution is -0.0710. The number of hydrogen-bond acceptors (Lipinski definition) is 9. The Kier molecular flexibility index (Phi) is 4.92. The van der Waals surface area contributed by atoms with Gasteiger partial charge in [0.05, 0.1) is 12.9 Å². The molecule has 6 N–H and O–H groups in total. The highest BCUT2D eigenvalue weighted by atomic mass is 16.6. The van der Waals surface area contributed by atoms with E-state index in [9.17, 15) is 10.2 Å². The Balaban J connectivity index is 1.90. The summed E-state index contributed by atoms with van der Waals surface area (Å²) in [6, 6.07) is 0. The minimum atomic E-state index is -1.06. The van der Waals surface area contributed by atoms with E-state index in [-0.39, 0.29) is 25.0 Å². The first-order valence-corrected chi connectivity index (χ1v) is 8.20. The number of nitrogen functional groups attached to an aromatic ring is 2. The topological polar surface area (TPSA) is 155 Å². The van der Waals surface area contributed by atoms with Gasteiger partial charge in [-0.05, 0) is 6.40 Å². The van der Waals surface area contributed by atoms with E-state index in [4.69, 9.17) is 22.3 Å². The Morgan fingerprint density at radius 2 is 2.24 bits per heavy atom. The molecule has 0 aromatic carbocycles. The van der Waals surface area contributed by atoms with E-state index in [0.29, 0.717) is 17.6 Å². The summed E-state index contributed by atoms with van der Waals surface area (Å²) in [6.07, 6.45) is -0.887. The molecule has 10 heteroatoms. The molecular formula is C15H24N6O4. The van der Waals surface area contributed by atoms with Crippen LogP contribution in [0.3, 0.4) is 0 Å². The second-order valence-electron chi connectivity index (χ2n) is 5.90. The summed E-state index contributed by atoms with van der Waals surface area (Å²) >= 11 is 0. The Hall–Kier alpha value is -2.01. The molecule has 138 valence electrons. The van der Waals surface area contributed by atoms with Crippen LogP contribution in [-0.2, 0) is 9.47 Å². The van der Waals surface area contributed by atoms with Crippen molar-refractivity contribution in [3.05, 3.63) is 6.33 Å². The van der Waals surface area contributed by atoms with E-state index in [1.807, 2.05) is 6.92 Å². The zero-order valence-corrected chi connectivity index (χ0v) is 13.9. The fourth-order valence-corrected chi connectivity index (χ4v) is 2.88. The Bertz CT molecular complexity index is 759. The summed E-state index contributed by atoms with van der Waals surface area (Å²) in [5, 5.41) is 19.9. The van der Waals surface area contributed by atoms with Crippen LogP contribution < -0.4 is 11.5 Å². The molecule has 10 nitrogen and oxygen atoms in total. The molecule has 1 saturated heterocycles. The van der Waals surface area contributed by atoms with Gasteiger partial charge < -0.3 is 31.2 Å². The molecule has 1 aliphatic heterocycles. The van der Waals surface area contributed by atoms with Crippen molar-refractivity contribution < 1.29 is 21.1 Å². The first kappa shape index (κ1) is 16.5. The van der Waals surface area contributed by atoms with Crippen LogP contribution in [0.1, 0.15) is 33.8 Å². The third-order valence-corrected chi connectivity index (χ3v) is 4.13. The molecule has 0 bridgehead atoms. The molecule has 2 aromatic rings. The molecule has 1 fully saturated rings. The molecule has 0 spiro atoms. The summed E-state index contributed by atoms with van der Waals surface area (Å²) in [6.45, 7) is 1.76. The smallest absolute Gasteiger partial charge is 0.224 e. The lowest BCUT2D eigenvalue weighted by Crippen LogP contribution is -2.35. The number of hydrogen-bond donors (Lipinski definition) is 4. The van der Waals surface area contributed by atoms with Crippen molar-refractivity contribution in [1.82, 2.24) is 19.5 Å². The van der Waals surface area contributed by atoms with E-state index in [1.54, 1.807) is 4.57 Å². The van der Waals surface area contributed by atoms with Crippen LogP contribution in [0.15, 0.2) is 6.33 Å². The van der Waals surface area contributed by atoms with E-state index in [1.165, 1.54) is 6.33 Å². The zero-order valence-electron chi connectivity index (χ0n) is 14.9. The van der Waals surface area contributed by atoms with Gasteiger partial charge in [0, 0.05) is 7.98 Å². The number of nitrogens with zero attached hydrogens (tertiary/aromatic N) is 4. The van der Waals surface area contributed by atoms with Crippen LogP contribution in [0, 0.1) is 0 Å². The summed E-state index contributed by atoms with van der Waals surface area (Å²) < 4.78 is 21.0. The summed E-state index contributed by atoms with van der Waals surface area (Å²) in [5.74, 6) is 0.121. The first-order valence-electron chi connectivity index (χ1n) is 8.77. The SMILES string of the molecule is [2H]C(CCC)CO[C@H]1C(n2cnc3c(N)nc(N)nc32)O[C@H](CO)[C@H]1O. The van der Waals surface area contributed by atoms with Crippen molar-refractivity contribution in [2.24, 2.45) is 0 Å². The molecular weight excluding hydrogens is 328 g/mol. The van der Waals surface area contributed by atoms with Crippen molar-refractivity contribution in [1.29, 1.82) is 0 Å². The van der Waals surface area contributed by atoms with E-state index in [2.05, 4.69) is 15.0 Å². The van der Waals surface area contributed by atoms with Crippen LogP contribution in [0.4, 0.5) is 11.8 Å². The van der Waals surface area contributed by atoms with Crippen molar-refractivity contribution >= 4 is 22.9 Å². The number of fused-ring (bicyclic) bond motifs is 1. The number of aliphatic hydroxyl groups is 2. The van der Waals surface area contributed by atoms with Crippen LogP contribution >= 0.6 is 0 Å². The second-order valence-corrected chi connectivity index (χ2v) is 5.90. The largest absolute Gasteiger partial charge is 0.394 e. The summed E-state index contributed by atoms with van der Waals surface area (Å²) in [7, 11) is 0. The van der Waals surface area contributed by atoms with Gasteiger partial charge in [0.25, 0.3) is 0 Å². The zero-order chi connectivity index (χ0) is 18.8. The lowest BCUT2D eigenvalue weighted by Gasteiger charge is -2.22. The van der Waals surface area contributed by atoms with E-state index < -0.39 is 30.9 Å². The molecule has 0 amide bonds. The lowest BCUT2D eigenvalue weighted by atomic mass is 10.1. The van der Waals surface area contributed by atoms with Gasteiger partial charge in [0.2, 0.25) is 5.95 Å². The third-order valence-electron chi connectivity index (χ3n) is 4.13. The molecule has 1 aliphatic rings. The molecule has 0 aliphatic carbocycles. The van der Waals surface area contributed by atoms with Crippen LogP contribution in [0.25, 0.3) is 11.2 Å². The number of aliphatic hydroxyl groups excluding tert-OH is 2. The monoisotopic (exact) mass is 353 g/mol. The second kappa shape index (κ2) is 7.48. The highest BCUT2D eigenvalue weighted by Gasteiger charge is 2.45. The molecule has 2 unspecified atom stereocenters. The van der Waals surface area contributed by atoms with Crippen LogP contribution in [0.2, 0.25) is 0 Å². The van der Waals surface area contributed by atoms with Crippen molar-refractivity contribution in [2.45, 2.75) is 50.7 Å². The fraction of sp³-hybridized carbons (Fsp3) is 0.667. The number of anilines is 2. The average molecular weight is 353 g/mol. The minimum Gasteiger partial charge on any atom is -0.394 e. The maximum Gasteiger partial charge on any atom is 0.224 e. The summed E-state index contributed by atoms with van der Waals surface area (Å²) in [5.41, 5.74) is 12.2. The quantitative estimate of drug-likeness (QED) is 0.530.